The molecule has 0 aliphatic carbocycles. The molecule has 0 saturated carbocycles. The normalized spacial score (nSPS) is 18.3. The Morgan fingerprint density at radius 3 is 2.21 bits per heavy atom. The lowest BCUT2D eigenvalue weighted by Crippen LogP contribution is -3.05. The van der Waals surface area contributed by atoms with Gasteiger partial charge < -0.3 is 17.3 Å². The van der Waals surface area contributed by atoms with Crippen molar-refractivity contribution in [3.63, 3.8) is 0 Å². The summed E-state index contributed by atoms with van der Waals surface area (Å²) in [4.78, 5) is 14.2. The summed E-state index contributed by atoms with van der Waals surface area (Å²) in [6.07, 6.45) is 0.489. The molecule has 0 saturated heterocycles. The molecular weight excluding hydrogens is 346 g/mol. The first-order valence-corrected chi connectivity index (χ1v) is 9.23. The van der Waals surface area contributed by atoms with Crippen LogP contribution in [0.1, 0.15) is 33.2 Å². The summed E-state index contributed by atoms with van der Waals surface area (Å²) in [5.74, 6) is -0.209. The third-order valence-electron chi connectivity index (χ3n) is 4.27. The van der Waals surface area contributed by atoms with Crippen molar-refractivity contribution in [2.24, 2.45) is 0 Å². The summed E-state index contributed by atoms with van der Waals surface area (Å²) in [6.45, 7) is 0.717. The van der Waals surface area contributed by atoms with Crippen LogP contribution in [0.25, 0.3) is 0 Å². The lowest BCUT2D eigenvalue weighted by Gasteiger charge is -2.18. The predicted molar refractivity (Wildman–Crippen MR) is 88.5 cm³/mol. The SMILES string of the molecule is C[NH+](C)CCC1c2ccccc2C(=O)c2ccccc2S1(=O)=O.[Cl-]. The van der Waals surface area contributed by atoms with Gasteiger partial charge in [0.15, 0.2) is 15.6 Å². The van der Waals surface area contributed by atoms with Crippen LogP contribution in [-0.2, 0) is 9.84 Å². The number of quaternary nitrogens is 1. The molecule has 1 heterocycles. The molecule has 1 atom stereocenters. The fourth-order valence-electron chi connectivity index (χ4n) is 3.08. The highest BCUT2D eigenvalue weighted by Crippen LogP contribution is 2.39. The summed E-state index contributed by atoms with van der Waals surface area (Å²) < 4.78 is 26.4. The van der Waals surface area contributed by atoms with Crippen molar-refractivity contribution in [2.45, 2.75) is 16.6 Å². The molecule has 1 N–H and O–H groups in total. The number of carbonyl (C=O) groups excluding carboxylic acids is 1. The van der Waals surface area contributed by atoms with Gasteiger partial charge in [-0.1, -0.05) is 36.4 Å². The van der Waals surface area contributed by atoms with E-state index in [0.29, 0.717) is 24.1 Å². The topological polar surface area (TPSA) is 55.6 Å². The molecular formula is C18H20ClNO3S. The van der Waals surface area contributed by atoms with Crippen LogP contribution in [-0.4, -0.2) is 34.8 Å². The van der Waals surface area contributed by atoms with Gasteiger partial charge in [-0.2, -0.15) is 0 Å². The zero-order valence-corrected chi connectivity index (χ0v) is 15.2. The highest BCUT2D eigenvalue weighted by atomic mass is 35.5. The number of nitrogens with one attached hydrogen (secondary N) is 1. The van der Waals surface area contributed by atoms with Crippen molar-refractivity contribution >= 4 is 15.6 Å². The molecule has 0 fully saturated rings. The largest absolute Gasteiger partial charge is 1.00 e. The van der Waals surface area contributed by atoms with E-state index in [4.69, 9.17) is 0 Å². The van der Waals surface area contributed by atoms with Crippen LogP contribution in [0.2, 0.25) is 0 Å². The number of fused-ring (bicyclic) bond motifs is 2. The average Bonchev–Trinajstić information content (AvgIpc) is 2.60. The first kappa shape index (κ1) is 18.6. The maximum atomic E-state index is 13.2. The molecule has 128 valence electrons. The molecule has 6 heteroatoms. The van der Waals surface area contributed by atoms with Crippen LogP contribution in [0, 0.1) is 0 Å². The van der Waals surface area contributed by atoms with Gasteiger partial charge in [-0.15, -0.1) is 0 Å². The van der Waals surface area contributed by atoms with E-state index in [0.717, 1.165) is 0 Å². The van der Waals surface area contributed by atoms with E-state index < -0.39 is 15.1 Å². The Morgan fingerprint density at radius 1 is 0.958 bits per heavy atom. The van der Waals surface area contributed by atoms with Gasteiger partial charge in [0.2, 0.25) is 0 Å². The number of benzene rings is 2. The summed E-state index contributed by atoms with van der Waals surface area (Å²) in [5, 5.41) is -0.679. The number of halogens is 1. The highest BCUT2D eigenvalue weighted by molar-refractivity contribution is 7.91. The number of hydrogen-bond donors (Lipinski definition) is 1. The fraction of sp³-hybridized carbons (Fsp3) is 0.278. The molecule has 0 radical (unpaired) electrons. The van der Waals surface area contributed by atoms with Crippen LogP contribution in [0.4, 0.5) is 0 Å². The number of rotatable bonds is 3. The standard InChI is InChI=1S/C18H19NO3S.ClH/c1-19(2)12-11-17-13-7-3-4-8-14(13)18(20)15-9-5-6-10-16(15)23(17,21)22;/h3-10,17H,11-12H2,1-2H3;1H. The second-order valence-electron chi connectivity index (χ2n) is 6.19. The van der Waals surface area contributed by atoms with Gasteiger partial charge in [0, 0.05) is 17.5 Å². The Bertz CT molecular complexity index is 862. The molecule has 2 aromatic carbocycles. The Labute approximate surface area is 148 Å². The number of hydrogen-bond acceptors (Lipinski definition) is 3. The van der Waals surface area contributed by atoms with Crippen LogP contribution < -0.4 is 17.3 Å². The smallest absolute Gasteiger partial charge is 0.194 e. The van der Waals surface area contributed by atoms with Gasteiger partial charge >= 0.3 is 0 Å². The zero-order chi connectivity index (χ0) is 16.6. The monoisotopic (exact) mass is 365 g/mol. The highest BCUT2D eigenvalue weighted by Gasteiger charge is 2.38. The molecule has 1 unspecified atom stereocenters. The Balaban J connectivity index is 0.00000208. The Hall–Kier alpha value is -1.69. The van der Waals surface area contributed by atoms with Crippen LogP contribution in [0.3, 0.4) is 0 Å². The second-order valence-corrected chi connectivity index (χ2v) is 8.29. The van der Waals surface area contributed by atoms with Gasteiger partial charge in [-0.25, -0.2) is 8.42 Å². The predicted octanol–water partition coefficient (Wildman–Crippen LogP) is -1.72. The molecule has 4 nitrogen and oxygen atoms in total. The molecule has 2 aromatic rings. The van der Waals surface area contributed by atoms with Gasteiger partial charge in [0.05, 0.1) is 30.8 Å². The maximum absolute atomic E-state index is 13.2. The van der Waals surface area contributed by atoms with E-state index in [1.165, 1.54) is 4.90 Å². The van der Waals surface area contributed by atoms with E-state index >= 15 is 0 Å². The zero-order valence-electron chi connectivity index (χ0n) is 13.6. The van der Waals surface area contributed by atoms with Crippen molar-refractivity contribution < 1.29 is 30.5 Å². The van der Waals surface area contributed by atoms with Gasteiger partial charge in [0.1, 0.15) is 0 Å². The van der Waals surface area contributed by atoms with E-state index in [2.05, 4.69) is 0 Å². The quantitative estimate of drug-likeness (QED) is 0.704. The number of carbonyl (C=O) groups is 1. The van der Waals surface area contributed by atoms with Gasteiger partial charge in [-0.05, 0) is 17.7 Å². The first-order valence-electron chi connectivity index (χ1n) is 7.68. The van der Waals surface area contributed by atoms with Crippen molar-refractivity contribution in [3.05, 3.63) is 65.2 Å². The summed E-state index contributed by atoms with van der Waals surface area (Å²) in [7, 11) is 0.393. The average molecular weight is 366 g/mol. The van der Waals surface area contributed by atoms with Crippen LogP contribution in [0.15, 0.2) is 53.4 Å². The minimum Gasteiger partial charge on any atom is -1.00 e. The first-order chi connectivity index (χ1) is 10.9. The lowest BCUT2D eigenvalue weighted by atomic mass is 9.96. The Kier molecular flexibility index (Phi) is 5.48. The molecule has 0 spiro atoms. The van der Waals surface area contributed by atoms with E-state index in [-0.39, 0.29) is 28.6 Å². The van der Waals surface area contributed by atoms with Gasteiger partial charge in [0.25, 0.3) is 0 Å². The number of ketones is 1. The molecule has 0 bridgehead atoms. The van der Waals surface area contributed by atoms with Crippen molar-refractivity contribution in [2.75, 3.05) is 20.6 Å². The molecule has 1 aliphatic rings. The Morgan fingerprint density at radius 2 is 1.54 bits per heavy atom. The van der Waals surface area contributed by atoms with E-state index in [1.807, 2.05) is 14.1 Å². The van der Waals surface area contributed by atoms with E-state index in [1.54, 1.807) is 48.5 Å². The van der Waals surface area contributed by atoms with Crippen molar-refractivity contribution in [1.82, 2.24) is 0 Å². The van der Waals surface area contributed by atoms with Crippen LogP contribution >= 0.6 is 0 Å². The minimum absolute atomic E-state index is 0. The molecule has 1 aliphatic heterocycles. The third-order valence-corrected chi connectivity index (χ3v) is 6.48. The summed E-state index contributed by atoms with van der Waals surface area (Å²) >= 11 is 0. The summed E-state index contributed by atoms with van der Waals surface area (Å²) in [5.41, 5.74) is 1.40. The van der Waals surface area contributed by atoms with Crippen molar-refractivity contribution in [1.29, 1.82) is 0 Å². The maximum Gasteiger partial charge on any atom is 0.194 e. The van der Waals surface area contributed by atoms with Gasteiger partial charge in [-0.3, -0.25) is 4.79 Å². The second kappa shape index (κ2) is 7.05. The fourth-order valence-corrected chi connectivity index (χ4v) is 5.09. The third kappa shape index (κ3) is 3.11. The molecule has 24 heavy (non-hydrogen) atoms. The molecule has 0 aromatic heterocycles. The summed E-state index contributed by atoms with van der Waals surface area (Å²) in [6, 6.07) is 13.6. The van der Waals surface area contributed by atoms with E-state index in [9.17, 15) is 13.2 Å². The minimum atomic E-state index is -3.60. The van der Waals surface area contributed by atoms with Crippen molar-refractivity contribution in [3.8, 4) is 0 Å². The number of sulfone groups is 1. The lowest BCUT2D eigenvalue weighted by molar-refractivity contribution is -0.858. The molecule has 0 amide bonds. The molecule has 3 rings (SSSR count). The van der Waals surface area contributed by atoms with Crippen LogP contribution in [0.5, 0.6) is 0 Å².